The van der Waals surface area contributed by atoms with Gasteiger partial charge in [-0.2, -0.15) is 0 Å². The molecule has 0 heterocycles. The van der Waals surface area contributed by atoms with Crippen LogP contribution in [0.2, 0.25) is 0 Å². The van der Waals surface area contributed by atoms with Gasteiger partial charge in [-0.05, 0) is 28.9 Å². The van der Waals surface area contributed by atoms with Crippen molar-refractivity contribution >= 4 is 12.0 Å². The van der Waals surface area contributed by atoms with Gasteiger partial charge in [0.05, 0.1) is 12.0 Å². The molecule has 25 heavy (non-hydrogen) atoms. The lowest BCUT2D eigenvalue weighted by Gasteiger charge is -2.31. The van der Waals surface area contributed by atoms with Crippen LogP contribution < -0.4 is 0 Å². The van der Waals surface area contributed by atoms with Crippen molar-refractivity contribution in [1.29, 1.82) is 0 Å². The summed E-state index contributed by atoms with van der Waals surface area (Å²) in [4.78, 5) is 17.7. The lowest BCUT2D eigenvalue weighted by atomic mass is 9.72. The molecule has 0 aromatic heterocycles. The van der Waals surface area contributed by atoms with Crippen molar-refractivity contribution in [2.45, 2.75) is 54.5 Å². The molecule has 2 rings (SSSR count). The van der Waals surface area contributed by atoms with Gasteiger partial charge < -0.3 is 0 Å². The monoisotopic (exact) mass is 337 g/mol. The van der Waals surface area contributed by atoms with Crippen molar-refractivity contribution in [3.8, 4) is 0 Å². The van der Waals surface area contributed by atoms with Crippen LogP contribution in [0.5, 0.6) is 0 Å². The maximum absolute atomic E-state index is 13.0. The van der Waals surface area contributed by atoms with Gasteiger partial charge in [0.15, 0.2) is 5.78 Å². The molecular formula is C23H31NO. The molecule has 1 aromatic rings. The zero-order chi connectivity index (χ0) is 18.8. The quantitative estimate of drug-likeness (QED) is 0.625. The van der Waals surface area contributed by atoms with Crippen LogP contribution >= 0.6 is 0 Å². The van der Waals surface area contributed by atoms with Crippen molar-refractivity contribution in [2.24, 2.45) is 21.7 Å². The highest BCUT2D eigenvalue weighted by Gasteiger charge is 2.33. The van der Waals surface area contributed by atoms with Gasteiger partial charge in [0, 0.05) is 11.8 Å². The largest absolute Gasteiger partial charge is 0.293 e. The number of carbonyl (C=O) groups excluding carboxylic acids is 1. The molecule has 0 N–H and O–H groups in total. The fourth-order valence-corrected chi connectivity index (χ4v) is 2.93. The molecule has 2 atom stereocenters. The van der Waals surface area contributed by atoms with Crippen molar-refractivity contribution in [2.75, 3.05) is 0 Å². The molecule has 1 unspecified atom stereocenters. The van der Waals surface area contributed by atoms with Crippen LogP contribution in [0.1, 0.15) is 60.1 Å². The Labute approximate surface area is 152 Å². The lowest BCUT2D eigenvalue weighted by Crippen LogP contribution is -2.29. The first-order chi connectivity index (χ1) is 11.5. The molecule has 2 nitrogen and oxygen atoms in total. The fourth-order valence-electron chi connectivity index (χ4n) is 2.93. The summed E-state index contributed by atoms with van der Waals surface area (Å²) >= 11 is 0. The maximum atomic E-state index is 13.0. The van der Waals surface area contributed by atoms with E-state index < -0.39 is 0 Å². The highest BCUT2D eigenvalue weighted by molar-refractivity contribution is 6.09. The predicted molar refractivity (Wildman–Crippen MR) is 107 cm³/mol. The molecule has 1 aromatic carbocycles. The van der Waals surface area contributed by atoms with Gasteiger partial charge >= 0.3 is 0 Å². The second-order valence-corrected chi connectivity index (χ2v) is 8.95. The minimum Gasteiger partial charge on any atom is -0.293 e. The first-order valence-electron chi connectivity index (χ1n) is 9.07. The Balaban J connectivity index is 2.33. The zero-order valence-corrected chi connectivity index (χ0v) is 16.6. The van der Waals surface area contributed by atoms with Crippen molar-refractivity contribution in [1.82, 2.24) is 0 Å². The summed E-state index contributed by atoms with van der Waals surface area (Å²) in [6, 6.07) is 10.2. The molecule has 0 saturated carbocycles. The summed E-state index contributed by atoms with van der Waals surface area (Å²) in [7, 11) is 0. The van der Waals surface area contributed by atoms with E-state index in [4.69, 9.17) is 0 Å². The number of hydrogen-bond acceptors (Lipinski definition) is 2. The van der Waals surface area contributed by atoms with Gasteiger partial charge in [-0.15, -0.1) is 0 Å². The Morgan fingerprint density at radius 3 is 2.12 bits per heavy atom. The molecule has 1 aliphatic rings. The van der Waals surface area contributed by atoms with E-state index in [2.05, 4.69) is 77.7 Å². The second kappa shape index (κ2) is 7.11. The average Bonchev–Trinajstić information content (AvgIpc) is 2.52. The molecule has 0 saturated heterocycles. The van der Waals surface area contributed by atoms with E-state index in [-0.39, 0.29) is 28.6 Å². The van der Waals surface area contributed by atoms with Crippen LogP contribution in [0.25, 0.3) is 0 Å². The summed E-state index contributed by atoms with van der Waals surface area (Å²) in [5.74, 6) is -0.107. The minimum atomic E-state index is -0.278. The number of ketones is 1. The topological polar surface area (TPSA) is 29.4 Å². The molecule has 0 spiro atoms. The molecule has 0 aliphatic heterocycles. The third kappa shape index (κ3) is 4.78. The van der Waals surface area contributed by atoms with Gasteiger partial charge in [-0.3, -0.25) is 9.79 Å². The number of Topliss-reactive ketones (excluding diaryl/α,β-unsaturated/α-hetero) is 1. The van der Waals surface area contributed by atoms with E-state index in [1.54, 1.807) is 0 Å². The molecule has 2 heteroatoms. The Hall–Kier alpha value is -1.96. The molecule has 0 radical (unpaired) electrons. The number of allylic oxidation sites excluding steroid dienone is 4. The number of hydrogen-bond donors (Lipinski definition) is 0. The van der Waals surface area contributed by atoms with Crippen LogP contribution in [-0.4, -0.2) is 12.0 Å². The van der Waals surface area contributed by atoms with Crippen molar-refractivity contribution < 1.29 is 4.79 Å². The standard InChI is InChI=1S/C23H31NO/c1-16(17-11-9-8-10-12-17)24-15-18-13-19(22(2,3)4)14-20(21(18)25)23(5,6)7/h8-16,18H,1-7H3/t16-,18?/m0/s1. The SMILES string of the molecule is C[C@H](N=CC1C=C(C(C)(C)C)C=C(C(C)(C)C)C1=O)c1ccccc1. The molecule has 0 bridgehead atoms. The van der Waals surface area contributed by atoms with E-state index >= 15 is 0 Å². The van der Waals surface area contributed by atoms with E-state index in [0.717, 1.165) is 11.1 Å². The van der Waals surface area contributed by atoms with E-state index in [9.17, 15) is 4.79 Å². The summed E-state index contributed by atoms with van der Waals surface area (Å²) < 4.78 is 0. The first-order valence-corrected chi connectivity index (χ1v) is 9.07. The van der Waals surface area contributed by atoms with Gasteiger partial charge in [0.2, 0.25) is 0 Å². The molecule has 0 fully saturated rings. The average molecular weight is 338 g/mol. The number of aliphatic imine (C=N–C) groups is 1. The molecule has 134 valence electrons. The Kier molecular flexibility index (Phi) is 5.51. The summed E-state index contributed by atoms with van der Waals surface area (Å²) in [5.41, 5.74) is 3.10. The summed E-state index contributed by atoms with van der Waals surface area (Å²) in [6.45, 7) is 14.9. The zero-order valence-electron chi connectivity index (χ0n) is 16.6. The maximum Gasteiger partial charge on any atom is 0.171 e. The van der Waals surface area contributed by atoms with E-state index in [1.165, 1.54) is 5.57 Å². The first kappa shape index (κ1) is 19.4. The second-order valence-electron chi connectivity index (χ2n) is 8.95. The normalized spacial score (nSPS) is 20.4. The summed E-state index contributed by atoms with van der Waals surface area (Å²) in [6.07, 6.45) is 6.01. The van der Waals surface area contributed by atoms with Crippen molar-refractivity contribution in [3.05, 3.63) is 59.2 Å². The van der Waals surface area contributed by atoms with E-state index in [1.807, 2.05) is 24.4 Å². The number of benzene rings is 1. The number of carbonyl (C=O) groups is 1. The van der Waals surface area contributed by atoms with Crippen LogP contribution in [-0.2, 0) is 4.79 Å². The fraction of sp³-hybridized carbons (Fsp3) is 0.478. The molecular weight excluding hydrogens is 306 g/mol. The van der Waals surface area contributed by atoms with E-state index in [0.29, 0.717) is 0 Å². The highest BCUT2D eigenvalue weighted by Crippen LogP contribution is 2.38. The van der Waals surface area contributed by atoms with Gasteiger partial charge in [0.1, 0.15) is 0 Å². The predicted octanol–water partition coefficient (Wildman–Crippen LogP) is 5.96. The number of nitrogens with zero attached hydrogens (tertiary/aromatic N) is 1. The van der Waals surface area contributed by atoms with Crippen molar-refractivity contribution in [3.63, 3.8) is 0 Å². The van der Waals surface area contributed by atoms with Gasteiger partial charge in [0.25, 0.3) is 0 Å². The van der Waals surface area contributed by atoms with Crippen LogP contribution in [0.4, 0.5) is 0 Å². The molecule has 1 aliphatic carbocycles. The van der Waals surface area contributed by atoms with Gasteiger partial charge in [-0.1, -0.05) is 84.0 Å². The third-order valence-corrected chi connectivity index (χ3v) is 4.65. The van der Waals surface area contributed by atoms with Crippen LogP contribution in [0.3, 0.4) is 0 Å². The Bertz CT molecular complexity index is 709. The smallest absolute Gasteiger partial charge is 0.171 e. The Morgan fingerprint density at radius 1 is 1.00 bits per heavy atom. The minimum absolute atomic E-state index is 0.00827. The third-order valence-electron chi connectivity index (χ3n) is 4.65. The van der Waals surface area contributed by atoms with Crippen LogP contribution in [0.15, 0.2) is 58.6 Å². The molecule has 0 amide bonds. The summed E-state index contributed by atoms with van der Waals surface area (Å²) in [5, 5.41) is 0. The van der Waals surface area contributed by atoms with Crippen LogP contribution in [0, 0.1) is 16.7 Å². The lowest BCUT2D eigenvalue weighted by molar-refractivity contribution is -0.117. The Morgan fingerprint density at radius 2 is 1.60 bits per heavy atom. The van der Waals surface area contributed by atoms with Gasteiger partial charge in [-0.25, -0.2) is 0 Å². The number of rotatable bonds is 3. The highest BCUT2D eigenvalue weighted by atomic mass is 16.1.